The van der Waals surface area contributed by atoms with Crippen LogP contribution in [0.4, 0.5) is 4.79 Å². The molecule has 1 aromatic rings. The number of nitrogens with one attached hydrogen (secondary N) is 1. The van der Waals surface area contributed by atoms with E-state index in [9.17, 15) is 14.7 Å². The van der Waals surface area contributed by atoms with Gasteiger partial charge in [-0.3, -0.25) is 9.69 Å². The standard InChI is InChI=1S/C18H23N3O3/c1-11(10-22)12(2)21-9-14-15(17(21)23)16(19-18(24)20(14)3)13-7-5-4-6-8-13/h4-8,11-12,16,22H,9-10H2,1-3H3,(H,19,24)/t11-,12+,16+/m1/s1. The van der Waals surface area contributed by atoms with Gasteiger partial charge in [-0.15, -0.1) is 0 Å². The minimum Gasteiger partial charge on any atom is -0.396 e. The molecule has 0 fully saturated rings. The Balaban J connectivity index is 1.98. The molecule has 0 bridgehead atoms. The van der Waals surface area contributed by atoms with Crippen molar-refractivity contribution in [1.29, 1.82) is 0 Å². The van der Waals surface area contributed by atoms with E-state index in [0.29, 0.717) is 12.1 Å². The number of likely N-dealkylation sites (N-methyl/N-ethyl adjacent to an activating group) is 1. The molecule has 2 N–H and O–H groups in total. The van der Waals surface area contributed by atoms with E-state index in [2.05, 4.69) is 5.32 Å². The molecule has 24 heavy (non-hydrogen) atoms. The van der Waals surface area contributed by atoms with Gasteiger partial charge in [0, 0.05) is 19.7 Å². The van der Waals surface area contributed by atoms with E-state index in [-0.39, 0.29) is 30.5 Å². The quantitative estimate of drug-likeness (QED) is 0.879. The molecule has 0 saturated carbocycles. The molecule has 0 spiro atoms. The molecule has 3 amide bonds. The van der Waals surface area contributed by atoms with Crippen molar-refractivity contribution in [3.05, 3.63) is 47.2 Å². The van der Waals surface area contributed by atoms with E-state index in [1.54, 1.807) is 11.9 Å². The number of hydrogen-bond donors (Lipinski definition) is 2. The monoisotopic (exact) mass is 329 g/mol. The number of benzene rings is 1. The number of aliphatic hydroxyl groups is 1. The Morgan fingerprint density at radius 2 is 1.92 bits per heavy atom. The first-order chi connectivity index (χ1) is 11.5. The molecule has 0 radical (unpaired) electrons. The second-order valence-electron chi connectivity index (χ2n) is 6.55. The van der Waals surface area contributed by atoms with E-state index >= 15 is 0 Å². The largest absolute Gasteiger partial charge is 0.396 e. The Morgan fingerprint density at radius 3 is 2.54 bits per heavy atom. The minimum absolute atomic E-state index is 0.0186. The van der Waals surface area contributed by atoms with Crippen LogP contribution < -0.4 is 5.32 Å². The van der Waals surface area contributed by atoms with Crippen molar-refractivity contribution in [1.82, 2.24) is 15.1 Å². The molecule has 6 nitrogen and oxygen atoms in total. The van der Waals surface area contributed by atoms with Gasteiger partial charge in [-0.2, -0.15) is 0 Å². The van der Waals surface area contributed by atoms with Crippen LogP contribution in [-0.4, -0.2) is 53.1 Å². The molecule has 3 rings (SSSR count). The average Bonchev–Trinajstić information content (AvgIpc) is 2.95. The maximum Gasteiger partial charge on any atom is 0.322 e. The number of amides is 3. The summed E-state index contributed by atoms with van der Waals surface area (Å²) >= 11 is 0. The lowest BCUT2D eigenvalue weighted by Crippen LogP contribution is -2.45. The zero-order chi connectivity index (χ0) is 17.4. The molecule has 3 atom stereocenters. The molecular weight excluding hydrogens is 306 g/mol. The van der Waals surface area contributed by atoms with E-state index in [1.165, 1.54) is 4.90 Å². The molecule has 1 aromatic carbocycles. The molecule has 0 saturated heterocycles. The zero-order valence-electron chi connectivity index (χ0n) is 14.2. The summed E-state index contributed by atoms with van der Waals surface area (Å²) < 4.78 is 0. The molecular formula is C18H23N3O3. The van der Waals surface area contributed by atoms with Crippen molar-refractivity contribution >= 4 is 11.9 Å². The van der Waals surface area contributed by atoms with Crippen molar-refractivity contribution in [2.75, 3.05) is 20.2 Å². The summed E-state index contributed by atoms with van der Waals surface area (Å²) in [6, 6.07) is 8.78. The SMILES string of the molecule is C[C@H](CO)[C@H](C)N1CC2=C(C1=O)[C@H](c1ccccc1)NC(=O)N2C. The van der Waals surface area contributed by atoms with Gasteiger partial charge in [0.15, 0.2) is 0 Å². The number of aliphatic hydroxyl groups excluding tert-OH is 1. The Kier molecular flexibility index (Phi) is 4.32. The highest BCUT2D eigenvalue weighted by molar-refractivity contribution is 6.01. The number of nitrogens with zero attached hydrogens (tertiary/aromatic N) is 2. The number of carbonyl (C=O) groups excluding carboxylic acids is 2. The third kappa shape index (κ3) is 2.57. The van der Waals surface area contributed by atoms with Gasteiger partial charge in [-0.25, -0.2) is 4.79 Å². The smallest absolute Gasteiger partial charge is 0.322 e. The molecule has 2 heterocycles. The molecule has 2 aliphatic heterocycles. The second kappa shape index (κ2) is 6.28. The average molecular weight is 329 g/mol. The summed E-state index contributed by atoms with van der Waals surface area (Å²) in [7, 11) is 1.68. The summed E-state index contributed by atoms with van der Waals surface area (Å²) in [5.74, 6) is -0.0991. The third-order valence-corrected chi connectivity index (χ3v) is 5.12. The van der Waals surface area contributed by atoms with E-state index in [4.69, 9.17) is 0 Å². The van der Waals surface area contributed by atoms with Gasteiger partial charge < -0.3 is 15.3 Å². The molecule has 2 aliphatic rings. The molecule has 0 aromatic heterocycles. The van der Waals surface area contributed by atoms with Gasteiger partial charge in [0.2, 0.25) is 0 Å². The van der Waals surface area contributed by atoms with Gasteiger partial charge in [0.1, 0.15) is 0 Å². The maximum atomic E-state index is 13.0. The molecule has 0 unspecified atom stereocenters. The fourth-order valence-corrected chi connectivity index (χ4v) is 3.27. The van der Waals surface area contributed by atoms with Crippen LogP contribution >= 0.6 is 0 Å². The number of rotatable bonds is 4. The Labute approximate surface area is 141 Å². The van der Waals surface area contributed by atoms with Crippen molar-refractivity contribution in [3.63, 3.8) is 0 Å². The van der Waals surface area contributed by atoms with Crippen molar-refractivity contribution in [2.45, 2.75) is 25.9 Å². The van der Waals surface area contributed by atoms with Crippen LogP contribution in [0.2, 0.25) is 0 Å². The first-order valence-corrected chi connectivity index (χ1v) is 8.19. The van der Waals surface area contributed by atoms with Crippen LogP contribution in [0.3, 0.4) is 0 Å². The van der Waals surface area contributed by atoms with E-state index in [0.717, 1.165) is 11.3 Å². The van der Waals surface area contributed by atoms with Crippen LogP contribution in [0.25, 0.3) is 0 Å². The fraction of sp³-hybridized carbons (Fsp3) is 0.444. The highest BCUT2D eigenvalue weighted by atomic mass is 16.3. The van der Waals surface area contributed by atoms with E-state index in [1.807, 2.05) is 44.2 Å². The van der Waals surface area contributed by atoms with Gasteiger partial charge in [0.25, 0.3) is 5.91 Å². The summed E-state index contributed by atoms with van der Waals surface area (Å²) in [5.41, 5.74) is 2.26. The van der Waals surface area contributed by atoms with Gasteiger partial charge in [-0.05, 0) is 18.4 Å². The van der Waals surface area contributed by atoms with Crippen LogP contribution in [0.5, 0.6) is 0 Å². The Bertz CT molecular complexity index is 686. The predicted molar refractivity (Wildman–Crippen MR) is 89.9 cm³/mol. The summed E-state index contributed by atoms with van der Waals surface area (Å²) in [4.78, 5) is 28.6. The Morgan fingerprint density at radius 1 is 1.25 bits per heavy atom. The van der Waals surface area contributed by atoms with Crippen LogP contribution in [0.15, 0.2) is 41.6 Å². The lowest BCUT2D eigenvalue weighted by molar-refractivity contribution is -0.128. The van der Waals surface area contributed by atoms with Gasteiger partial charge in [-0.1, -0.05) is 37.3 Å². The van der Waals surface area contributed by atoms with Gasteiger partial charge >= 0.3 is 6.03 Å². The van der Waals surface area contributed by atoms with Crippen LogP contribution in [0.1, 0.15) is 25.5 Å². The minimum atomic E-state index is -0.431. The second-order valence-corrected chi connectivity index (χ2v) is 6.55. The highest BCUT2D eigenvalue weighted by Crippen LogP contribution is 2.36. The number of hydrogen-bond acceptors (Lipinski definition) is 3. The highest BCUT2D eigenvalue weighted by Gasteiger charge is 2.44. The predicted octanol–water partition coefficient (Wildman–Crippen LogP) is 1.50. The normalized spacial score (nSPS) is 23.2. The molecule has 0 aliphatic carbocycles. The van der Waals surface area contributed by atoms with Gasteiger partial charge in [0.05, 0.1) is 23.9 Å². The van der Waals surface area contributed by atoms with Crippen molar-refractivity contribution < 1.29 is 14.7 Å². The summed E-state index contributed by atoms with van der Waals surface area (Å²) in [6.07, 6.45) is 0. The number of urea groups is 1. The first kappa shape index (κ1) is 16.5. The number of carbonyl (C=O) groups is 2. The lowest BCUT2D eigenvalue weighted by Gasteiger charge is -2.31. The summed E-state index contributed by atoms with van der Waals surface area (Å²) in [6.45, 7) is 4.26. The lowest BCUT2D eigenvalue weighted by atomic mass is 9.95. The molecule has 128 valence electrons. The zero-order valence-corrected chi connectivity index (χ0v) is 14.2. The van der Waals surface area contributed by atoms with Crippen molar-refractivity contribution in [3.8, 4) is 0 Å². The van der Waals surface area contributed by atoms with Crippen LogP contribution in [0, 0.1) is 5.92 Å². The van der Waals surface area contributed by atoms with E-state index < -0.39 is 6.04 Å². The topological polar surface area (TPSA) is 72.9 Å². The maximum absolute atomic E-state index is 13.0. The molecule has 6 heteroatoms. The summed E-state index contributed by atoms with van der Waals surface area (Å²) in [5, 5.41) is 12.3. The van der Waals surface area contributed by atoms with Crippen LogP contribution in [-0.2, 0) is 4.79 Å². The first-order valence-electron chi connectivity index (χ1n) is 8.19. The Hall–Kier alpha value is -2.34. The third-order valence-electron chi connectivity index (χ3n) is 5.12. The fourth-order valence-electron chi connectivity index (χ4n) is 3.27. The van der Waals surface area contributed by atoms with Crippen molar-refractivity contribution in [2.24, 2.45) is 5.92 Å².